The quantitative estimate of drug-likeness (QED) is 0.495. The zero-order valence-corrected chi connectivity index (χ0v) is 13.3. The van der Waals surface area contributed by atoms with E-state index >= 15 is 0 Å². The van der Waals surface area contributed by atoms with Gasteiger partial charge in [-0.05, 0) is 18.8 Å². The van der Waals surface area contributed by atoms with E-state index in [1.807, 2.05) is 6.92 Å². The normalized spacial score (nSPS) is 13.2. The highest BCUT2D eigenvalue weighted by atomic mass is 16.4. The second-order valence-corrected chi connectivity index (χ2v) is 5.60. The molecular formula is C15H26N2O5. The molecule has 0 saturated carbocycles. The van der Waals surface area contributed by atoms with Gasteiger partial charge >= 0.3 is 5.97 Å². The van der Waals surface area contributed by atoms with Crippen molar-refractivity contribution in [2.24, 2.45) is 11.7 Å². The van der Waals surface area contributed by atoms with Crippen LogP contribution in [-0.2, 0) is 19.2 Å². The molecule has 7 heteroatoms. The van der Waals surface area contributed by atoms with Crippen LogP contribution in [0.25, 0.3) is 0 Å². The lowest BCUT2D eigenvalue weighted by atomic mass is 9.94. The van der Waals surface area contributed by atoms with Gasteiger partial charge in [0.1, 0.15) is 0 Å². The molecule has 0 saturated heterocycles. The molecule has 0 spiro atoms. The topological polar surface area (TPSA) is 127 Å². The average Bonchev–Trinajstić information content (AvgIpc) is 2.41. The highest BCUT2D eigenvalue weighted by Crippen LogP contribution is 2.13. The lowest BCUT2D eigenvalue weighted by Gasteiger charge is -2.18. The van der Waals surface area contributed by atoms with E-state index in [1.54, 1.807) is 6.92 Å². The summed E-state index contributed by atoms with van der Waals surface area (Å²) >= 11 is 0. The number of carboxylic acid groups (broad SMARTS) is 1. The predicted octanol–water partition coefficient (Wildman–Crippen LogP) is 0.997. The van der Waals surface area contributed by atoms with Crippen LogP contribution in [0.1, 0.15) is 58.8 Å². The number of nitrogens with one attached hydrogen (secondary N) is 1. The van der Waals surface area contributed by atoms with Gasteiger partial charge in [-0.1, -0.05) is 20.3 Å². The number of amides is 2. The van der Waals surface area contributed by atoms with Gasteiger partial charge in [0.15, 0.2) is 5.78 Å². The van der Waals surface area contributed by atoms with Gasteiger partial charge in [0.25, 0.3) is 0 Å². The molecule has 0 aliphatic heterocycles. The summed E-state index contributed by atoms with van der Waals surface area (Å²) in [7, 11) is 0. The molecule has 0 fully saturated rings. The Labute approximate surface area is 130 Å². The second kappa shape index (κ2) is 10.8. The Hall–Kier alpha value is -1.92. The molecule has 7 nitrogen and oxygen atoms in total. The molecule has 2 amide bonds. The number of hydrogen-bond acceptors (Lipinski definition) is 4. The van der Waals surface area contributed by atoms with Crippen molar-refractivity contribution in [3.05, 3.63) is 0 Å². The number of unbranched alkanes of at least 4 members (excludes halogenated alkanes) is 1. The lowest BCUT2D eigenvalue weighted by molar-refractivity contribution is -0.137. The summed E-state index contributed by atoms with van der Waals surface area (Å²) in [6.07, 6.45) is 2.09. The van der Waals surface area contributed by atoms with Crippen LogP contribution in [0.5, 0.6) is 0 Å². The zero-order valence-electron chi connectivity index (χ0n) is 13.3. The Kier molecular flexibility index (Phi) is 9.82. The fraction of sp³-hybridized carbons (Fsp3) is 0.733. The number of nitrogens with two attached hydrogens (primary N) is 1. The molecule has 0 heterocycles. The van der Waals surface area contributed by atoms with Crippen molar-refractivity contribution >= 4 is 23.6 Å². The van der Waals surface area contributed by atoms with Gasteiger partial charge in [0.2, 0.25) is 11.8 Å². The third-order valence-corrected chi connectivity index (χ3v) is 3.29. The molecule has 0 bridgehead atoms. The number of carbonyl (C=O) groups is 4. The van der Waals surface area contributed by atoms with Crippen LogP contribution in [0.15, 0.2) is 0 Å². The fourth-order valence-corrected chi connectivity index (χ4v) is 2.01. The number of carboxylic acids is 1. The van der Waals surface area contributed by atoms with E-state index in [9.17, 15) is 19.2 Å². The first-order chi connectivity index (χ1) is 10.3. The van der Waals surface area contributed by atoms with Gasteiger partial charge in [-0.15, -0.1) is 0 Å². The maximum absolute atomic E-state index is 12.2. The fourth-order valence-electron chi connectivity index (χ4n) is 2.01. The molecule has 0 aromatic heterocycles. The van der Waals surface area contributed by atoms with Gasteiger partial charge < -0.3 is 16.2 Å². The Balaban J connectivity index is 4.52. The lowest BCUT2D eigenvalue weighted by Crippen LogP contribution is -2.43. The number of primary amides is 1. The maximum atomic E-state index is 12.2. The van der Waals surface area contributed by atoms with E-state index in [4.69, 9.17) is 10.8 Å². The maximum Gasteiger partial charge on any atom is 0.303 e. The van der Waals surface area contributed by atoms with Gasteiger partial charge in [-0.25, -0.2) is 0 Å². The van der Waals surface area contributed by atoms with Gasteiger partial charge in [0.05, 0.1) is 12.5 Å². The summed E-state index contributed by atoms with van der Waals surface area (Å²) in [6.45, 7) is 3.71. The SMILES string of the molecule is CCCCC(=O)N[C@H](CC(N)=O)C(=O)C[C@@H](C)CCC(=O)O. The number of hydrogen-bond donors (Lipinski definition) is 3. The van der Waals surface area contributed by atoms with Crippen molar-refractivity contribution in [1.29, 1.82) is 0 Å². The molecule has 2 atom stereocenters. The minimum Gasteiger partial charge on any atom is -0.481 e. The standard InChI is InChI=1S/C15H26N2O5/c1-3-4-5-14(20)17-11(9-13(16)19)12(18)8-10(2)6-7-15(21)22/h10-11H,3-9H2,1-2H3,(H2,16,19)(H,17,20)(H,21,22)/t10-,11+/m0/s1. The highest BCUT2D eigenvalue weighted by molar-refractivity contribution is 5.92. The van der Waals surface area contributed by atoms with Crippen LogP contribution < -0.4 is 11.1 Å². The zero-order chi connectivity index (χ0) is 17.1. The molecule has 0 aromatic carbocycles. The van der Waals surface area contributed by atoms with Crippen LogP contribution >= 0.6 is 0 Å². The molecule has 0 aliphatic rings. The Bertz CT molecular complexity index is 409. The van der Waals surface area contributed by atoms with E-state index in [1.165, 1.54) is 0 Å². The van der Waals surface area contributed by atoms with Crippen molar-refractivity contribution in [3.8, 4) is 0 Å². The van der Waals surface area contributed by atoms with Gasteiger partial charge in [-0.2, -0.15) is 0 Å². The molecule has 0 radical (unpaired) electrons. The van der Waals surface area contributed by atoms with Crippen molar-refractivity contribution in [2.45, 2.75) is 64.8 Å². The molecular weight excluding hydrogens is 288 g/mol. The molecule has 0 rings (SSSR count). The third kappa shape index (κ3) is 9.90. The van der Waals surface area contributed by atoms with Crippen LogP contribution in [0.3, 0.4) is 0 Å². The van der Waals surface area contributed by atoms with Crippen LogP contribution in [0, 0.1) is 5.92 Å². The van der Waals surface area contributed by atoms with E-state index in [0.717, 1.165) is 6.42 Å². The van der Waals surface area contributed by atoms with E-state index < -0.39 is 17.9 Å². The second-order valence-electron chi connectivity index (χ2n) is 5.60. The van der Waals surface area contributed by atoms with Crippen molar-refractivity contribution in [3.63, 3.8) is 0 Å². The van der Waals surface area contributed by atoms with E-state index in [2.05, 4.69) is 5.32 Å². The van der Waals surface area contributed by atoms with Gasteiger partial charge in [-0.3, -0.25) is 19.2 Å². The number of Topliss-reactive ketones (excluding diaryl/α,β-unsaturated/α-hetero) is 1. The monoisotopic (exact) mass is 314 g/mol. The Morgan fingerprint density at radius 1 is 1.14 bits per heavy atom. The molecule has 0 unspecified atom stereocenters. The van der Waals surface area contributed by atoms with Crippen LogP contribution in [-0.4, -0.2) is 34.7 Å². The summed E-state index contributed by atoms with van der Waals surface area (Å²) in [6, 6.07) is -0.922. The summed E-state index contributed by atoms with van der Waals surface area (Å²) in [4.78, 5) is 45.4. The molecule has 0 aromatic rings. The Morgan fingerprint density at radius 3 is 2.27 bits per heavy atom. The van der Waals surface area contributed by atoms with Crippen molar-refractivity contribution < 1.29 is 24.3 Å². The third-order valence-electron chi connectivity index (χ3n) is 3.29. The Morgan fingerprint density at radius 2 is 1.77 bits per heavy atom. The van der Waals surface area contributed by atoms with E-state index in [-0.39, 0.29) is 36.9 Å². The molecule has 4 N–H and O–H groups in total. The first-order valence-electron chi connectivity index (χ1n) is 7.58. The van der Waals surface area contributed by atoms with E-state index in [0.29, 0.717) is 19.3 Å². The summed E-state index contributed by atoms with van der Waals surface area (Å²) in [5.74, 6) is -2.28. The molecule has 0 aliphatic carbocycles. The molecule has 126 valence electrons. The number of ketones is 1. The van der Waals surface area contributed by atoms with Crippen LogP contribution in [0.2, 0.25) is 0 Å². The number of rotatable bonds is 12. The summed E-state index contributed by atoms with van der Waals surface area (Å²) in [5, 5.41) is 11.2. The highest BCUT2D eigenvalue weighted by Gasteiger charge is 2.24. The summed E-state index contributed by atoms with van der Waals surface area (Å²) < 4.78 is 0. The summed E-state index contributed by atoms with van der Waals surface area (Å²) in [5.41, 5.74) is 5.12. The van der Waals surface area contributed by atoms with Crippen LogP contribution in [0.4, 0.5) is 0 Å². The van der Waals surface area contributed by atoms with Crippen molar-refractivity contribution in [1.82, 2.24) is 5.32 Å². The minimum absolute atomic E-state index is 0.0161. The predicted molar refractivity (Wildman–Crippen MR) is 80.9 cm³/mol. The number of aliphatic carboxylic acids is 1. The smallest absolute Gasteiger partial charge is 0.303 e. The van der Waals surface area contributed by atoms with Gasteiger partial charge in [0, 0.05) is 19.3 Å². The largest absolute Gasteiger partial charge is 0.481 e. The minimum atomic E-state index is -0.922. The van der Waals surface area contributed by atoms with Crippen molar-refractivity contribution in [2.75, 3.05) is 0 Å². The first kappa shape index (κ1) is 20.1. The number of carbonyl (C=O) groups excluding carboxylic acids is 3. The average molecular weight is 314 g/mol. The molecule has 22 heavy (non-hydrogen) atoms. The first-order valence-corrected chi connectivity index (χ1v) is 7.58.